The van der Waals surface area contributed by atoms with Gasteiger partial charge in [0.1, 0.15) is 0 Å². The van der Waals surface area contributed by atoms with Gasteiger partial charge in [0.2, 0.25) is 0 Å². The summed E-state index contributed by atoms with van der Waals surface area (Å²) >= 11 is 0. The van der Waals surface area contributed by atoms with Crippen molar-refractivity contribution in [1.29, 1.82) is 0 Å². The van der Waals surface area contributed by atoms with Crippen LogP contribution in [-0.2, 0) is 0 Å². The van der Waals surface area contributed by atoms with Crippen LogP contribution in [-0.4, -0.2) is 23.1 Å². The molecule has 0 fully saturated rings. The summed E-state index contributed by atoms with van der Waals surface area (Å²) in [7, 11) is 0. The Morgan fingerprint density at radius 1 is 1.17 bits per heavy atom. The highest BCUT2D eigenvalue weighted by Crippen LogP contribution is 2.31. The van der Waals surface area contributed by atoms with E-state index in [0.29, 0.717) is 0 Å². The van der Waals surface area contributed by atoms with E-state index >= 15 is 0 Å². The third-order valence-corrected chi connectivity index (χ3v) is 1.49. The van der Waals surface area contributed by atoms with Crippen molar-refractivity contribution >= 4 is 5.69 Å². The summed E-state index contributed by atoms with van der Waals surface area (Å²) in [5.74, 6) is -4.32. The minimum atomic E-state index is -3.50. The average Bonchev–Trinajstić information content (AvgIpc) is 2.20. The molecule has 0 aliphatic heterocycles. The summed E-state index contributed by atoms with van der Waals surface area (Å²) in [4.78, 5) is 11.9. The van der Waals surface area contributed by atoms with Crippen LogP contribution >= 0.6 is 0 Å². The quantitative estimate of drug-likeness (QED) is 0.468. The van der Waals surface area contributed by atoms with E-state index in [1.807, 2.05) is 0 Å². The number of hydrogen-bond donors (Lipinski definition) is 0. The molecule has 0 saturated heterocycles. The number of alkyl halides is 4. The van der Waals surface area contributed by atoms with Gasteiger partial charge in [-0.3, -0.25) is 10.1 Å². The molecule has 0 spiro atoms. The number of halogens is 5. The van der Waals surface area contributed by atoms with Crippen LogP contribution in [0.3, 0.4) is 0 Å². The van der Waals surface area contributed by atoms with Crippen molar-refractivity contribution < 1.29 is 36.3 Å². The zero-order valence-electron chi connectivity index (χ0n) is 8.15. The number of rotatable bonds is 5. The first kappa shape index (κ1) is 13.9. The number of nitrogens with zero attached hydrogens (tertiary/aromatic N) is 2. The fourth-order valence-electron chi connectivity index (χ4n) is 0.915. The topological polar surface area (TPSA) is 74.5 Å². The second-order valence-corrected chi connectivity index (χ2v) is 2.61. The molecule has 11 heteroatoms. The van der Waals surface area contributed by atoms with E-state index in [2.05, 4.69) is 14.5 Å². The second-order valence-electron chi connectivity index (χ2n) is 2.61. The summed E-state index contributed by atoms with van der Waals surface area (Å²) in [6.45, 7) is -6.98. The van der Waals surface area contributed by atoms with Crippen LogP contribution in [0.5, 0.6) is 11.8 Å². The van der Waals surface area contributed by atoms with Gasteiger partial charge in [0, 0.05) is 0 Å². The van der Waals surface area contributed by atoms with Gasteiger partial charge < -0.3 is 9.47 Å². The molecule has 0 atom stereocenters. The summed E-state index contributed by atoms with van der Waals surface area (Å²) in [5, 5.41) is 10.4. The van der Waals surface area contributed by atoms with Crippen LogP contribution in [0.25, 0.3) is 0 Å². The highest BCUT2D eigenvalue weighted by atomic mass is 19.3. The normalized spacial score (nSPS) is 10.8. The second kappa shape index (κ2) is 5.42. The molecular formula is C7H3F5N2O4. The Balaban J connectivity index is 3.21. The molecule has 18 heavy (non-hydrogen) atoms. The van der Waals surface area contributed by atoms with Gasteiger partial charge in [-0.25, -0.2) is 4.39 Å². The number of hydrogen-bond acceptors (Lipinski definition) is 5. The molecule has 1 aromatic rings. The van der Waals surface area contributed by atoms with Crippen molar-refractivity contribution in [3.8, 4) is 11.8 Å². The standard InChI is InChI=1S/C7H3F5N2O4/c8-2-1-3(14(15)16)5(18-7(11)12)13-4(2)17-6(9)10/h1,6-7H. The fourth-order valence-corrected chi connectivity index (χ4v) is 0.915. The van der Waals surface area contributed by atoms with Crippen molar-refractivity contribution in [3.63, 3.8) is 0 Å². The first-order valence-corrected chi connectivity index (χ1v) is 4.05. The van der Waals surface area contributed by atoms with Gasteiger partial charge in [-0.1, -0.05) is 0 Å². The highest BCUT2D eigenvalue weighted by Gasteiger charge is 2.26. The number of nitro groups is 1. The van der Waals surface area contributed by atoms with E-state index in [1.165, 1.54) is 0 Å². The van der Waals surface area contributed by atoms with Gasteiger partial charge in [0.15, 0.2) is 5.82 Å². The summed E-state index contributed by atoms with van der Waals surface area (Å²) < 4.78 is 67.5. The molecule has 0 aliphatic carbocycles. The van der Waals surface area contributed by atoms with Crippen molar-refractivity contribution in [2.45, 2.75) is 13.2 Å². The third kappa shape index (κ3) is 3.40. The first-order valence-electron chi connectivity index (χ1n) is 4.05. The van der Waals surface area contributed by atoms with Crippen molar-refractivity contribution in [2.75, 3.05) is 0 Å². The number of pyridine rings is 1. The first-order chi connectivity index (χ1) is 8.31. The minimum Gasteiger partial charge on any atom is -0.414 e. The Kier molecular flexibility index (Phi) is 4.18. The van der Waals surface area contributed by atoms with Gasteiger partial charge >= 0.3 is 24.8 Å². The van der Waals surface area contributed by atoms with Gasteiger partial charge in [-0.15, -0.1) is 0 Å². The molecule has 0 aromatic carbocycles. The lowest BCUT2D eigenvalue weighted by Gasteiger charge is -2.08. The van der Waals surface area contributed by atoms with Gasteiger partial charge in [-0.05, 0) is 0 Å². The lowest BCUT2D eigenvalue weighted by molar-refractivity contribution is -0.387. The Labute approximate surface area is 95.1 Å². The zero-order valence-corrected chi connectivity index (χ0v) is 8.15. The van der Waals surface area contributed by atoms with Crippen LogP contribution in [0.4, 0.5) is 27.6 Å². The number of aromatic nitrogens is 1. The summed E-state index contributed by atoms with van der Waals surface area (Å²) in [5.41, 5.74) is -1.24. The van der Waals surface area contributed by atoms with E-state index in [4.69, 9.17) is 0 Å². The maximum Gasteiger partial charge on any atom is 0.388 e. The van der Waals surface area contributed by atoms with Crippen LogP contribution in [0.15, 0.2) is 6.07 Å². The number of ether oxygens (including phenoxy) is 2. The Morgan fingerprint density at radius 2 is 1.67 bits per heavy atom. The van der Waals surface area contributed by atoms with E-state index in [-0.39, 0.29) is 6.07 Å². The molecule has 0 radical (unpaired) electrons. The molecule has 0 saturated carbocycles. The summed E-state index contributed by atoms with van der Waals surface area (Å²) in [6.07, 6.45) is 0. The van der Waals surface area contributed by atoms with Gasteiger partial charge in [-0.2, -0.15) is 22.5 Å². The predicted octanol–water partition coefficient (Wildman–Crippen LogP) is 2.33. The predicted molar refractivity (Wildman–Crippen MR) is 44.1 cm³/mol. The van der Waals surface area contributed by atoms with Crippen molar-refractivity contribution in [2.24, 2.45) is 0 Å². The van der Waals surface area contributed by atoms with Gasteiger partial charge in [0.25, 0.3) is 5.88 Å². The Hall–Kier alpha value is -2.20. The Morgan fingerprint density at radius 3 is 2.11 bits per heavy atom. The molecule has 1 rings (SSSR count). The highest BCUT2D eigenvalue weighted by molar-refractivity contribution is 5.43. The van der Waals surface area contributed by atoms with Gasteiger partial charge in [0.05, 0.1) is 11.0 Å². The minimum absolute atomic E-state index is 0.0857. The Bertz CT molecular complexity index is 456. The van der Waals surface area contributed by atoms with Crippen LogP contribution in [0.2, 0.25) is 0 Å². The van der Waals surface area contributed by atoms with Crippen LogP contribution < -0.4 is 9.47 Å². The maximum absolute atomic E-state index is 13.0. The SMILES string of the molecule is O=[N+]([O-])c1cc(F)c(OC(F)F)nc1OC(F)F. The molecule has 0 bridgehead atoms. The zero-order chi connectivity index (χ0) is 13.9. The fraction of sp³-hybridized carbons (Fsp3) is 0.286. The molecule has 0 amide bonds. The monoisotopic (exact) mass is 274 g/mol. The van der Waals surface area contributed by atoms with E-state index < -0.39 is 41.4 Å². The van der Waals surface area contributed by atoms with Crippen molar-refractivity contribution in [3.05, 3.63) is 22.0 Å². The van der Waals surface area contributed by atoms with Crippen molar-refractivity contribution in [1.82, 2.24) is 4.98 Å². The molecule has 0 unspecified atom stereocenters. The third-order valence-electron chi connectivity index (χ3n) is 1.49. The van der Waals surface area contributed by atoms with Crippen LogP contribution in [0, 0.1) is 15.9 Å². The van der Waals surface area contributed by atoms with Crippen LogP contribution in [0.1, 0.15) is 0 Å². The molecule has 6 nitrogen and oxygen atoms in total. The molecule has 1 heterocycles. The largest absolute Gasteiger partial charge is 0.414 e. The summed E-state index contributed by atoms with van der Waals surface area (Å²) in [6, 6.07) is 0.0857. The molecular weight excluding hydrogens is 271 g/mol. The molecule has 0 aliphatic rings. The molecule has 100 valence electrons. The lowest BCUT2D eigenvalue weighted by Crippen LogP contribution is -2.10. The maximum atomic E-state index is 13.0. The molecule has 1 aromatic heterocycles. The van der Waals surface area contributed by atoms with E-state index in [9.17, 15) is 32.1 Å². The average molecular weight is 274 g/mol. The smallest absolute Gasteiger partial charge is 0.388 e. The van der Waals surface area contributed by atoms with E-state index in [1.54, 1.807) is 0 Å². The molecule has 0 N–H and O–H groups in total. The van der Waals surface area contributed by atoms with E-state index in [0.717, 1.165) is 0 Å². The lowest BCUT2D eigenvalue weighted by atomic mass is 10.4.